The third-order valence-corrected chi connectivity index (χ3v) is 4.31. The van der Waals surface area contributed by atoms with Crippen LogP contribution in [0.3, 0.4) is 0 Å². The highest BCUT2D eigenvalue weighted by molar-refractivity contribution is 7.13. The number of amides is 2. The Morgan fingerprint density at radius 3 is 2.74 bits per heavy atom. The standard InChI is InChI=1S/C13H17N3O2S/c1-7(2)16-11(17)5-9(12(16)18)14-13-15-10(6-19-13)8-3-4-8/h6-9H,3-5H2,1-2H3,(H,14,15). The van der Waals surface area contributed by atoms with Gasteiger partial charge < -0.3 is 5.32 Å². The predicted molar refractivity (Wildman–Crippen MR) is 73.1 cm³/mol. The highest BCUT2D eigenvalue weighted by atomic mass is 32.1. The van der Waals surface area contributed by atoms with Crippen molar-refractivity contribution >= 4 is 28.3 Å². The minimum Gasteiger partial charge on any atom is -0.349 e. The molecular formula is C13H17N3O2S. The van der Waals surface area contributed by atoms with Crippen molar-refractivity contribution < 1.29 is 9.59 Å². The van der Waals surface area contributed by atoms with E-state index in [0.717, 1.165) is 10.8 Å². The number of anilines is 1. The van der Waals surface area contributed by atoms with Crippen molar-refractivity contribution in [3.63, 3.8) is 0 Å². The van der Waals surface area contributed by atoms with Crippen LogP contribution in [-0.2, 0) is 9.59 Å². The van der Waals surface area contributed by atoms with Gasteiger partial charge in [0.2, 0.25) is 5.91 Å². The van der Waals surface area contributed by atoms with Gasteiger partial charge in [-0.3, -0.25) is 14.5 Å². The molecular weight excluding hydrogens is 262 g/mol. The zero-order valence-electron chi connectivity index (χ0n) is 11.0. The maximum atomic E-state index is 12.1. The van der Waals surface area contributed by atoms with Crippen LogP contribution in [0.4, 0.5) is 5.13 Å². The summed E-state index contributed by atoms with van der Waals surface area (Å²) in [6, 6.07) is -0.529. The molecule has 6 heteroatoms. The molecule has 0 radical (unpaired) electrons. The van der Waals surface area contributed by atoms with E-state index in [1.807, 2.05) is 19.2 Å². The van der Waals surface area contributed by atoms with Gasteiger partial charge in [-0.2, -0.15) is 0 Å². The molecule has 1 unspecified atom stereocenters. The Bertz CT molecular complexity index is 522. The van der Waals surface area contributed by atoms with Crippen molar-refractivity contribution in [1.29, 1.82) is 0 Å². The molecule has 0 spiro atoms. The Hall–Kier alpha value is -1.43. The summed E-state index contributed by atoms with van der Waals surface area (Å²) in [4.78, 5) is 29.8. The summed E-state index contributed by atoms with van der Waals surface area (Å²) in [7, 11) is 0. The molecule has 1 aromatic rings. The summed E-state index contributed by atoms with van der Waals surface area (Å²) in [5.74, 6) is 0.375. The Morgan fingerprint density at radius 1 is 1.42 bits per heavy atom. The Balaban J connectivity index is 1.69. The van der Waals surface area contributed by atoms with Gasteiger partial charge in [0.05, 0.1) is 12.1 Å². The van der Waals surface area contributed by atoms with Crippen molar-refractivity contribution in [1.82, 2.24) is 9.88 Å². The van der Waals surface area contributed by atoms with Crippen molar-refractivity contribution in [3.8, 4) is 0 Å². The molecule has 2 amide bonds. The van der Waals surface area contributed by atoms with Gasteiger partial charge in [0.25, 0.3) is 5.91 Å². The van der Waals surface area contributed by atoms with E-state index in [-0.39, 0.29) is 24.3 Å². The minimum atomic E-state index is -0.451. The van der Waals surface area contributed by atoms with Crippen LogP contribution in [0.25, 0.3) is 0 Å². The highest BCUT2D eigenvalue weighted by Gasteiger charge is 2.40. The molecule has 1 aromatic heterocycles. The van der Waals surface area contributed by atoms with Crippen molar-refractivity contribution in [2.45, 2.75) is 51.1 Å². The van der Waals surface area contributed by atoms with Crippen LogP contribution < -0.4 is 5.32 Å². The Morgan fingerprint density at radius 2 is 2.16 bits per heavy atom. The highest BCUT2D eigenvalue weighted by Crippen LogP contribution is 2.41. The van der Waals surface area contributed by atoms with Gasteiger partial charge in [-0.1, -0.05) is 0 Å². The summed E-state index contributed by atoms with van der Waals surface area (Å²) < 4.78 is 0. The molecule has 0 bridgehead atoms. The van der Waals surface area contributed by atoms with Crippen molar-refractivity contribution in [2.24, 2.45) is 0 Å². The zero-order chi connectivity index (χ0) is 13.6. The lowest BCUT2D eigenvalue weighted by molar-refractivity contribution is -0.140. The lowest BCUT2D eigenvalue weighted by Crippen LogP contribution is -2.39. The molecule has 1 aliphatic heterocycles. The first-order chi connectivity index (χ1) is 9.06. The van der Waals surface area contributed by atoms with Gasteiger partial charge in [-0.05, 0) is 26.7 Å². The number of hydrogen-bond donors (Lipinski definition) is 1. The number of hydrogen-bond acceptors (Lipinski definition) is 5. The molecule has 102 valence electrons. The van der Waals surface area contributed by atoms with Crippen LogP contribution in [-0.4, -0.2) is 33.8 Å². The molecule has 1 N–H and O–H groups in total. The summed E-state index contributed by atoms with van der Waals surface area (Å²) in [5.41, 5.74) is 1.12. The van der Waals surface area contributed by atoms with E-state index in [2.05, 4.69) is 10.3 Å². The molecule has 0 aromatic carbocycles. The maximum Gasteiger partial charge on any atom is 0.252 e. The molecule has 2 aliphatic rings. The lowest BCUT2D eigenvalue weighted by Gasteiger charge is -2.18. The van der Waals surface area contributed by atoms with Gasteiger partial charge in [0, 0.05) is 17.3 Å². The predicted octanol–water partition coefficient (Wildman–Crippen LogP) is 1.97. The first-order valence-corrected chi connectivity index (χ1v) is 7.52. The van der Waals surface area contributed by atoms with E-state index in [4.69, 9.17) is 0 Å². The van der Waals surface area contributed by atoms with E-state index in [0.29, 0.717) is 5.92 Å². The van der Waals surface area contributed by atoms with Crippen LogP contribution in [0.2, 0.25) is 0 Å². The molecule has 2 fully saturated rings. The van der Waals surface area contributed by atoms with Gasteiger partial charge in [-0.25, -0.2) is 4.98 Å². The van der Waals surface area contributed by atoms with Crippen LogP contribution >= 0.6 is 11.3 Å². The first kappa shape index (κ1) is 12.6. The number of nitrogens with one attached hydrogen (secondary N) is 1. The number of aromatic nitrogens is 1. The second-order valence-corrected chi connectivity index (χ2v) is 6.31. The fraction of sp³-hybridized carbons (Fsp3) is 0.615. The molecule has 2 heterocycles. The van der Waals surface area contributed by atoms with E-state index >= 15 is 0 Å². The van der Waals surface area contributed by atoms with Crippen molar-refractivity contribution in [3.05, 3.63) is 11.1 Å². The van der Waals surface area contributed by atoms with Gasteiger partial charge in [0.15, 0.2) is 5.13 Å². The lowest BCUT2D eigenvalue weighted by atomic mass is 10.2. The number of carbonyl (C=O) groups is 2. The molecule has 1 atom stereocenters. The average molecular weight is 279 g/mol. The van der Waals surface area contributed by atoms with E-state index in [1.165, 1.54) is 29.1 Å². The molecule has 5 nitrogen and oxygen atoms in total. The number of rotatable bonds is 4. The topological polar surface area (TPSA) is 62.3 Å². The number of thiazole rings is 1. The normalized spacial score (nSPS) is 23.5. The third kappa shape index (κ3) is 2.36. The second kappa shape index (κ2) is 4.59. The van der Waals surface area contributed by atoms with Crippen LogP contribution in [0.15, 0.2) is 5.38 Å². The zero-order valence-corrected chi connectivity index (χ0v) is 11.9. The fourth-order valence-electron chi connectivity index (χ4n) is 2.37. The quantitative estimate of drug-likeness (QED) is 0.856. The van der Waals surface area contributed by atoms with Crippen LogP contribution in [0.1, 0.15) is 44.7 Å². The monoisotopic (exact) mass is 279 g/mol. The molecule has 1 saturated heterocycles. The minimum absolute atomic E-state index is 0.0786. The maximum absolute atomic E-state index is 12.1. The molecule has 3 rings (SSSR count). The fourth-order valence-corrected chi connectivity index (χ4v) is 3.22. The molecule has 19 heavy (non-hydrogen) atoms. The van der Waals surface area contributed by atoms with Gasteiger partial charge >= 0.3 is 0 Å². The third-order valence-electron chi connectivity index (χ3n) is 3.51. The van der Waals surface area contributed by atoms with E-state index in [1.54, 1.807) is 0 Å². The summed E-state index contributed by atoms with van der Waals surface area (Å²) in [6.07, 6.45) is 2.66. The number of nitrogens with zero attached hydrogens (tertiary/aromatic N) is 2. The van der Waals surface area contributed by atoms with Gasteiger partial charge in [-0.15, -0.1) is 11.3 Å². The number of carbonyl (C=O) groups excluding carboxylic acids is 2. The first-order valence-electron chi connectivity index (χ1n) is 6.64. The smallest absolute Gasteiger partial charge is 0.252 e. The molecule has 1 aliphatic carbocycles. The summed E-state index contributed by atoms with van der Waals surface area (Å²) in [6.45, 7) is 3.71. The largest absolute Gasteiger partial charge is 0.349 e. The second-order valence-electron chi connectivity index (χ2n) is 5.45. The average Bonchev–Trinajstić information content (AvgIpc) is 3.02. The number of likely N-dealkylation sites (tertiary alicyclic amines) is 1. The van der Waals surface area contributed by atoms with E-state index < -0.39 is 6.04 Å². The molecule has 1 saturated carbocycles. The Kier molecular flexibility index (Phi) is 3.05. The van der Waals surface area contributed by atoms with Crippen LogP contribution in [0.5, 0.6) is 0 Å². The Labute approximate surface area is 116 Å². The summed E-state index contributed by atoms with van der Waals surface area (Å²) >= 11 is 1.51. The van der Waals surface area contributed by atoms with E-state index in [9.17, 15) is 9.59 Å². The summed E-state index contributed by atoms with van der Waals surface area (Å²) in [5, 5.41) is 5.90. The van der Waals surface area contributed by atoms with Crippen LogP contribution in [0, 0.1) is 0 Å². The SMILES string of the molecule is CC(C)N1C(=O)CC(Nc2nc(C3CC3)cs2)C1=O. The number of imide groups is 1. The van der Waals surface area contributed by atoms with Crippen molar-refractivity contribution in [2.75, 3.05) is 5.32 Å². The van der Waals surface area contributed by atoms with Gasteiger partial charge in [0.1, 0.15) is 6.04 Å².